The molecule has 2 aromatic rings. The molecule has 0 aliphatic heterocycles. The van der Waals surface area contributed by atoms with Gasteiger partial charge >= 0.3 is 5.97 Å². The molecule has 1 aromatic heterocycles. The van der Waals surface area contributed by atoms with Gasteiger partial charge in [0.2, 0.25) is 0 Å². The number of anilines is 1. The number of benzene rings is 1. The Morgan fingerprint density at radius 1 is 1.38 bits per heavy atom. The Morgan fingerprint density at radius 2 is 2.14 bits per heavy atom. The van der Waals surface area contributed by atoms with Crippen molar-refractivity contribution in [1.29, 1.82) is 0 Å². The number of fused-ring (bicyclic) bond motifs is 1. The van der Waals surface area contributed by atoms with Gasteiger partial charge in [0, 0.05) is 17.6 Å². The van der Waals surface area contributed by atoms with E-state index in [1.54, 1.807) is 0 Å². The number of hydrogen-bond donors (Lipinski definition) is 2. The van der Waals surface area contributed by atoms with Crippen LogP contribution in [0.1, 0.15) is 43.5 Å². The van der Waals surface area contributed by atoms with Gasteiger partial charge in [-0.3, -0.25) is 4.98 Å². The quantitative estimate of drug-likeness (QED) is 0.896. The molecule has 4 nitrogen and oxygen atoms in total. The van der Waals surface area contributed by atoms with E-state index >= 15 is 0 Å². The first kappa shape index (κ1) is 13.9. The van der Waals surface area contributed by atoms with Crippen molar-refractivity contribution >= 4 is 22.6 Å². The van der Waals surface area contributed by atoms with Crippen LogP contribution in [0.25, 0.3) is 10.9 Å². The maximum Gasteiger partial charge on any atom is 0.339 e. The van der Waals surface area contributed by atoms with E-state index in [-0.39, 0.29) is 11.0 Å². The van der Waals surface area contributed by atoms with Gasteiger partial charge in [-0.1, -0.05) is 38.5 Å². The van der Waals surface area contributed by atoms with Crippen LogP contribution in [0.5, 0.6) is 0 Å². The SMILES string of the molecule is CC1(C)CCCC1Nc1c(C(=O)O)cnc2ccccc12. The molecule has 1 atom stereocenters. The van der Waals surface area contributed by atoms with Gasteiger partial charge in [0.05, 0.1) is 11.2 Å². The van der Waals surface area contributed by atoms with E-state index in [1.807, 2.05) is 24.3 Å². The number of carboxylic acid groups (broad SMARTS) is 1. The van der Waals surface area contributed by atoms with E-state index in [4.69, 9.17) is 0 Å². The average Bonchev–Trinajstić information content (AvgIpc) is 2.78. The van der Waals surface area contributed by atoms with E-state index in [1.165, 1.54) is 12.6 Å². The van der Waals surface area contributed by atoms with Crippen LogP contribution in [0.3, 0.4) is 0 Å². The van der Waals surface area contributed by atoms with E-state index < -0.39 is 5.97 Å². The molecule has 1 aliphatic rings. The molecule has 0 saturated heterocycles. The fourth-order valence-electron chi connectivity index (χ4n) is 3.23. The first-order valence-corrected chi connectivity index (χ1v) is 7.36. The standard InChI is InChI=1S/C17H20N2O2/c1-17(2)9-5-8-14(17)19-15-11-6-3-4-7-13(11)18-10-12(15)16(20)21/h3-4,6-7,10,14H,5,8-9H2,1-2H3,(H,18,19)(H,20,21). The van der Waals surface area contributed by atoms with Gasteiger partial charge in [0.1, 0.15) is 5.56 Å². The third kappa shape index (κ3) is 2.46. The molecular formula is C17H20N2O2. The number of carboxylic acids is 1. The summed E-state index contributed by atoms with van der Waals surface area (Å²) in [4.78, 5) is 15.8. The van der Waals surface area contributed by atoms with E-state index in [0.717, 1.165) is 23.7 Å². The first-order valence-electron chi connectivity index (χ1n) is 7.36. The minimum absolute atomic E-state index is 0.181. The number of aromatic carboxylic acids is 1. The maximum atomic E-state index is 11.5. The molecule has 0 radical (unpaired) electrons. The highest BCUT2D eigenvalue weighted by molar-refractivity contribution is 6.04. The Kier molecular flexibility index (Phi) is 3.32. The van der Waals surface area contributed by atoms with Crippen LogP contribution in [0.4, 0.5) is 5.69 Å². The van der Waals surface area contributed by atoms with Crippen LogP contribution in [-0.4, -0.2) is 22.1 Å². The molecule has 1 aromatic carbocycles. The molecule has 1 fully saturated rings. The highest BCUT2D eigenvalue weighted by Crippen LogP contribution is 2.40. The predicted octanol–water partition coefficient (Wildman–Crippen LogP) is 3.92. The van der Waals surface area contributed by atoms with Crippen LogP contribution < -0.4 is 5.32 Å². The van der Waals surface area contributed by atoms with Gasteiger partial charge in [-0.25, -0.2) is 4.79 Å². The fraction of sp³-hybridized carbons (Fsp3) is 0.412. The molecule has 4 heteroatoms. The second-order valence-electron chi connectivity index (χ2n) is 6.45. The van der Waals surface area contributed by atoms with Crippen LogP contribution in [-0.2, 0) is 0 Å². The summed E-state index contributed by atoms with van der Waals surface area (Å²) in [5.41, 5.74) is 1.95. The largest absolute Gasteiger partial charge is 0.478 e. The van der Waals surface area contributed by atoms with Crippen molar-refractivity contribution in [3.05, 3.63) is 36.0 Å². The molecule has 0 spiro atoms. The van der Waals surface area contributed by atoms with Crippen molar-refractivity contribution in [2.45, 2.75) is 39.2 Å². The molecular weight excluding hydrogens is 264 g/mol. The highest BCUT2D eigenvalue weighted by atomic mass is 16.4. The summed E-state index contributed by atoms with van der Waals surface area (Å²) in [6.07, 6.45) is 4.86. The Bertz CT molecular complexity index is 694. The van der Waals surface area contributed by atoms with E-state index in [2.05, 4.69) is 24.1 Å². The highest BCUT2D eigenvalue weighted by Gasteiger charge is 2.35. The summed E-state index contributed by atoms with van der Waals surface area (Å²) in [6.45, 7) is 4.48. The van der Waals surface area contributed by atoms with Crippen LogP contribution in [0.2, 0.25) is 0 Å². The van der Waals surface area contributed by atoms with E-state index in [0.29, 0.717) is 11.7 Å². The van der Waals surface area contributed by atoms with Crippen molar-refractivity contribution in [1.82, 2.24) is 4.98 Å². The normalized spacial score (nSPS) is 20.6. The molecule has 3 rings (SSSR count). The third-order valence-corrected chi connectivity index (χ3v) is 4.58. The lowest BCUT2D eigenvalue weighted by molar-refractivity contribution is 0.0697. The molecule has 2 N–H and O–H groups in total. The third-order valence-electron chi connectivity index (χ3n) is 4.58. The number of rotatable bonds is 3. The second-order valence-corrected chi connectivity index (χ2v) is 6.45. The summed E-state index contributed by atoms with van der Waals surface area (Å²) in [5, 5.41) is 13.8. The van der Waals surface area contributed by atoms with Crippen molar-refractivity contribution in [3.63, 3.8) is 0 Å². The summed E-state index contributed by atoms with van der Waals surface area (Å²) in [7, 11) is 0. The summed E-state index contributed by atoms with van der Waals surface area (Å²) in [5.74, 6) is -0.938. The topological polar surface area (TPSA) is 62.2 Å². The molecule has 21 heavy (non-hydrogen) atoms. The Balaban J connectivity index is 2.10. The number of aromatic nitrogens is 1. The van der Waals surface area contributed by atoms with Crippen molar-refractivity contribution in [3.8, 4) is 0 Å². The lowest BCUT2D eigenvalue weighted by Gasteiger charge is -2.29. The summed E-state index contributed by atoms with van der Waals surface area (Å²) in [6, 6.07) is 7.96. The smallest absolute Gasteiger partial charge is 0.339 e. The lowest BCUT2D eigenvalue weighted by Crippen LogP contribution is -2.31. The second kappa shape index (κ2) is 5.02. The number of pyridine rings is 1. The monoisotopic (exact) mass is 284 g/mol. The maximum absolute atomic E-state index is 11.5. The molecule has 1 saturated carbocycles. The molecule has 110 valence electrons. The van der Waals surface area contributed by atoms with Gasteiger partial charge in [-0.15, -0.1) is 0 Å². The van der Waals surface area contributed by atoms with Gasteiger partial charge in [-0.05, 0) is 24.3 Å². The van der Waals surface area contributed by atoms with Crippen molar-refractivity contribution < 1.29 is 9.90 Å². The molecule has 1 aliphatic carbocycles. The lowest BCUT2D eigenvalue weighted by atomic mass is 9.87. The van der Waals surface area contributed by atoms with Crippen LogP contribution in [0.15, 0.2) is 30.5 Å². The Morgan fingerprint density at radius 3 is 2.81 bits per heavy atom. The number of para-hydroxylation sites is 1. The van der Waals surface area contributed by atoms with Gasteiger partial charge in [0.15, 0.2) is 0 Å². The van der Waals surface area contributed by atoms with Crippen molar-refractivity contribution in [2.24, 2.45) is 5.41 Å². The summed E-state index contributed by atoms with van der Waals surface area (Å²) >= 11 is 0. The molecule has 0 amide bonds. The number of nitrogens with zero attached hydrogens (tertiary/aromatic N) is 1. The molecule has 0 bridgehead atoms. The number of carbonyl (C=O) groups is 1. The fourth-order valence-corrected chi connectivity index (χ4v) is 3.23. The van der Waals surface area contributed by atoms with Gasteiger partial charge < -0.3 is 10.4 Å². The Labute approximate surface area is 124 Å². The molecule has 1 heterocycles. The number of nitrogens with one attached hydrogen (secondary N) is 1. The van der Waals surface area contributed by atoms with Crippen LogP contribution >= 0.6 is 0 Å². The predicted molar refractivity (Wildman–Crippen MR) is 83.7 cm³/mol. The first-order chi connectivity index (χ1) is 9.99. The minimum Gasteiger partial charge on any atom is -0.478 e. The molecule has 1 unspecified atom stereocenters. The summed E-state index contributed by atoms with van der Waals surface area (Å²) < 4.78 is 0. The average molecular weight is 284 g/mol. The zero-order chi connectivity index (χ0) is 15.0. The van der Waals surface area contributed by atoms with Crippen LogP contribution in [0, 0.1) is 5.41 Å². The zero-order valence-electron chi connectivity index (χ0n) is 12.4. The zero-order valence-corrected chi connectivity index (χ0v) is 12.4. The minimum atomic E-state index is -0.938. The van der Waals surface area contributed by atoms with Gasteiger partial charge in [-0.2, -0.15) is 0 Å². The Hall–Kier alpha value is -2.10. The van der Waals surface area contributed by atoms with Crippen molar-refractivity contribution in [2.75, 3.05) is 5.32 Å². The van der Waals surface area contributed by atoms with E-state index in [9.17, 15) is 9.90 Å². The number of hydrogen-bond acceptors (Lipinski definition) is 3. The van der Waals surface area contributed by atoms with Gasteiger partial charge in [0.25, 0.3) is 0 Å².